The van der Waals surface area contributed by atoms with E-state index in [0.29, 0.717) is 32.5 Å². The molecule has 2 aromatic rings. The molecule has 2 N–H and O–H groups in total. The van der Waals surface area contributed by atoms with Crippen LogP contribution >= 0.6 is 0 Å². The van der Waals surface area contributed by atoms with Gasteiger partial charge in [-0.05, 0) is 23.6 Å². The van der Waals surface area contributed by atoms with Gasteiger partial charge in [0, 0.05) is 31.6 Å². The Kier molecular flexibility index (Phi) is 6.84. The summed E-state index contributed by atoms with van der Waals surface area (Å²) in [5.41, 5.74) is 3.42. The zero-order valence-corrected chi connectivity index (χ0v) is 17.6. The maximum Gasteiger partial charge on any atom is 0.247 e. The lowest BCUT2D eigenvalue weighted by atomic mass is 10.1. The van der Waals surface area contributed by atoms with Crippen LogP contribution in [0.15, 0.2) is 54.6 Å². The van der Waals surface area contributed by atoms with Gasteiger partial charge in [-0.1, -0.05) is 48.5 Å². The normalized spacial score (nSPS) is 19.5. The van der Waals surface area contributed by atoms with Crippen molar-refractivity contribution < 1.29 is 19.4 Å². The Morgan fingerprint density at radius 1 is 1.10 bits per heavy atom. The zero-order valence-electron chi connectivity index (χ0n) is 17.6. The van der Waals surface area contributed by atoms with Gasteiger partial charge >= 0.3 is 0 Å². The van der Waals surface area contributed by atoms with Crippen molar-refractivity contribution in [1.82, 2.24) is 10.2 Å². The second kappa shape index (κ2) is 9.94. The van der Waals surface area contributed by atoms with Crippen LogP contribution in [0.3, 0.4) is 0 Å². The van der Waals surface area contributed by atoms with Crippen LogP contribution in [0, 0.1) is 0 Å². The molecule has 2 amide bonds. The predicted molar refractivity (Wildman–Crippen MR) is 117 cm³/mol. The summed E-state index contributed by atoms with van der Waals surface area (Å²) in [7, 11) is 0. The van der Waals surface area contributed by atoms with Gasteiger partial charge in [0.25, 0.3) is 0 Å². The van der Waals surface area contributed by atoms with Gasteiger partial charge in [0.1, 0.15) is 12.2 Å². The lowest BCUT2D eigenvalue weighted by Crippen LogP contribution is -2.34. The SMILES string of the molecule is O=C(CCCN1C(=O)[C@@H]2Cc3ccccc3N2[C@H]1c1ccccc1)NCCOCCO. The number of para-hydroxylation sites is 1. The second-order valence-electron chi connectivity index (χ2n) is 7.86. The van der Waals surface area contributed by atoms with E-state index in [2.05, 4.69) is 34.5 Å². The maximum atomic E-state index is 13.3. The summed E-state index contributed by atoms with van der Waals surface area (Å²) in [5.74, 6) is 0.0733. The molecule has 2 atom stereocenters. The molecule has 2 aromatic carbocycles. The number of hydrogen-bond donors (Lipinski definition) is 2. The Labute approximate surface area is 182 Å². The Morgan fingerprint density at radius 2 is 1.87 bits per heavy atom. The van der Waals surface area contributed by atoms with Crippen molar-refractivity contribution in [3.05, 3.63) is 65.7 Å². The van der Waals surface area contributed by atoms with Crippen molar-refractivity contribution in [3.8, 4) is 0 Å². The van der Waals surface area contributed by atoms with Crippen molar-refractivity contribution in [2.45, 2.75) is 31.5 Å². The van der Waals surface area contributed by atoms with Crippen LogP contribution in [0.4, 0.5) is 5.69 Å². The number of amides is 2. The van der Waals surface area contributed by atoms with Crippen LogP contribution in [0.2, 0.25) is 0 Å². The molecule has 2 heterocycles. The van der Waals surface area contributed by atoms with Gasteiger partial charge < -0.3 is 25.0 Å². The Hall–Kier alpha value is -2.90. The van der Waals surface area contributed by atoms with Crippen molar-refractivity contribution in [3.63, 3.8) is 0 Å². The number of carbonyl (C=O) groups excluding carboxylic acids is 2. The first-order valence-corrected chi connectivity index (χ1v) is 10.9. The molecule has 0 bridgehead atoms. The largest absolute Gasteiger partial charge is 0.394 e. The molecule has 7 heteroatoms. The molecule has 1 saturated heterocycles. The summed E-state index contributed by atoms with van der Waals surface area (Å²) in [5, 5.41) is 11.5. The number of nitrogens with one attached hydrogen (secondary N) is 1. The van der Waals surface area contributed by atoms with Gasteiger partial charge in [0.15, 0.2) is 0 Å². The third-order valence-corrected chi connectivity index (χ3v) is 5.85. The molecule has 2 aliphatic heterocycles. The maximum absolute atomic E-state index is 13.3. The molecule has 2 aliphatic rings. The molecule has 7 nitrogen and oxygen atoms in total. The number of aliphatic hydroxyl groups excluding tert-OH is 1. The van der Waals surface area contributed by atoms with Gasteiger partial charge in [-0.15, -0.1) is 0 Å². The van der Waals surface area contributed by atoms with Crippen molar-refractivity contribution in [2.75, 3.05) is 37.8 Å². The minimum absolute atomic E-state index is 0.0249. The van der Waals surface area contributed by atoms with Gasteiger partial charge in [0.05, 0.1) is 19.8 Å². The van der Waals surface area contributed by atoms with Crippen LogP contribution in [-0.2, 0) is 20.7 Å². The number of fused-ring (bicyclic) bond motifs is 3. The van der Waals surface area contributed by atoms with E-state index in [1.807, 2.05) is 35.2 Å². The number of benzene rings is 2. The predicted octanol–water partition coefficient (Wildman–Crippen LogP) is 1.86. The minimum atomic E-state index is -0.180. The molecule has 164 valence electrons. The van der Waals surface area contributed by atoms with Crippen molar-refractivity contribution in [1.29, 1.82) is 0 Å². The van der Waals surface area contributed by atoms with Gasteiger partial charge in [0.2, 0.25) is 11.8 Å². The highest BCUT2D eigenvalue weighted by atomic mass is 16.5. The Balaban J connectivity index is 1.41. The smallest absolute Gasteiger partial charge is 0.247 e. The molecule has 0 spiro atoms. The highest BCUT2D eigenvalue weighted by Gasteiger charge is 2.50. The Morgan fingerprint density at radius 3 is 2.68 bits per heavy atom. The third kappa shape index (κ3) is 4.57. The standard InChI is InChI=1S/C24H29N3O4/c28-14-16-31-15-12-25-22(29)11-6-13-26-23(18-7-2-1-3-8-18)27-20-10-5-4-9-19(20)17-21(27)24(26)30/h1-5,7-10,21,23,28H,6,11-17H2,(H,25,29)/t21-,23-/m0/s1. The van der Waals surface area contributed by atoms with Crippen LogP contribution in [0.1, 0.15) is 30.1 Å². The van der Waals surface area contributed by atoms with E-state index in [1.54, 1.807) is 0 Å². The second-order valence-corrected chi connectivity index (χ2v) is 7.86. The molecular weight excluding hydrogens is 394 g/mol. The number of hydrogen-bond acceptors (Lipinski definition) is 5. The van der Waals surface area contributed by atoms with Crippen LogP contribution in [0.25, 0.3) is 0 Å². The summed E-state index contributed by atoms with van der Waals surface area (Å²) >= 11 is 0. The first kappa shape index (κ1) is 21.3. The lowest BCUT2D eigenvalue weighted by molar-refractivity contribution is -0.130. The summed E-state index contributed by atoms with van der Waals surface area (Å²) in [6.07, 6.45) is 1.52. The van der Waals surface area contributed by atoms with E-state index in [-0.39, 0.29) is 37.2 Å². The van der Waals surface area contributed by atoms with Gasteiger partial charge in [-0.25, -0.2) is 0 Å². The Bertz CT molecular complexity index is 905. The molecule has 0 aromatic heterocycles. The number of aliphatic hydroxyl groups is 1. The molecule has 0 radical (unpaired) electrons. The first-order chi connectivity index (χ1) is 15.2. The van der Waals surface area contributed by atoms with E-state index >= 15 is 0 Å². The quantitative estimate of drug-likeness (QED) is 0.570. The first-order valence-electron chi connectivity index (χ1n) is 10.9. The van der Waals surface area contributed by atoms with Gasteiger partial charge in [-0.3, -0.25) is 9.59 Å². The zero-order chi connectivity index (χ0) is 21.6. The number of rotatable bonds is 10. The summed E-state index contributed by atoms with van der Waals surface area (Å²) in [6.45, 7) is 1.57. The van der Waals surface area contributed by atoms with E-state index in [1.165, 1.54) is 5.56 Å². The number of ether oxygens (including phenoxy) is 1. The number of anilines is 1. The van der Waals surface area contributed by atoms with Crippen LogP contribution < -0.4 is 10.2 Å². The molecule has 31 heavy (non-hydrogen) atoms. The molecule has 0 unspecified atom stereocenters. The minimum Gasteiger partial charge on any atom is -0.394 e. The fourth-order valence-electron chi connectivity index (χ4n) is 4.51. The molecular formula is C24H29N3O4. The fraction of sp³-hybridized carbons (Fsp3) is 0.417. The third-order valence-electron chi connectivity index (χ3n) is 5.85. The van der Waals surface area contributed by atoms with Crippen molar-refractivity contribution >= 4 is 17.5 Å². The molecule has 0 aliphatic carbocycles. The van der Waals surface area contributed by atoms with Crippen molar-refractivity contribution in [2.24, 2.45) is 0 Å². The fourth-order valence-corrected chi connectivity index (χ4v) is 4.51. The number of nitrogens with zero attached hydrogens (tertiary/aromatic N) is 2. The highest BCUT2D eigenvalue weighted by molar-refractivity contribution is 5.92. The van der Waals surface area contributed by atoms with E-state index < -0.39 is 0 Å². The molecule has 4 rings (SSSR count). The summed E-state index contributed by atoms with van der Waals surface area (Å²) in [6, 6.07) is 18.2. The van der Waals surface area contributed by atoms with E-state index in [9.17, 15) is 9.59 Å². The average molecular weight is 424 g/mol. The molecule has 0 saturated carbocycles. The van der Waals surface area contributed by atoms with E-state index in [4.69, 9.17) is 9.84 Å². The molecule has 1 fully saturated rings. The number of carbonyl (C=O) groups is 2. The lowest BCUT2D eigenvalue weighted by Gasteiger charge is -2.31. The summed E-state index contributed by atoms with van der Waals surface area (Å²) < 4.78 is 5.14. The highest BCUT2D eigenvalue weighted by Crippen LogP contribution is 2.45. The van der Waals surface area contributed by atoms with Gasteiger partial charge in [-0.2, -0.15) is 0 Å². The average Bonchev–Trinajstić information content (AvgIpc) is 3.29. The monoisotopic (exact) mass is 423 g/mol. The summed E-state index contributed by atoms with van der Waals surface area (Å²) in [4.78, 5) is 29.6. The van der Waals surface area contributed by atoms with Crippen LogP contribution in [0.5, 0.6) is 0 Å². The van der Waals surface area contributed by atoms with Crippen LogP contribution in [-0.4, -0.2) is 60.8 Å². The topological polar surface area (TPSA) is 82.1 Å². The van der Waals surface area contributed by atoms with E-state index in [0.717, 1.165) is 17.7 Å².